The minimum absolute atomic E-state index is 0.202. The van der Waals surface area contributed by atoms with Crippen LogP contribution in [0, 0.1) is 0 Å². The lowest BCUT2D eigenvalue weighted by Gasteiger charge is -2.31. The second-order valence-corrected chi connectivity index (χ2v) is 8.41. The van der Waals surface area contributed by atoms with Crippen molar-refractivity contribution >= 4 is 23.5 Å². The molecule has 1 aromatic rings. The number of fused-ring (bicyclic) bond motifs is 1. The molecule has 3 heteroatoms. The van der Waals surface area contributed by atoms with Gasteiger partial charge in [-0.3, -0.25) is 0 Å². The van der Waals surface area contributed by atoms with E-state index in [1.54, 1.807) is 0 Å². The fourth-order valence-corrected chi connectivity index (χ4v) is 6.03. The van der Waals surface area contributed by atoms with Gasteiger partial charge in [0.15, 0.2) is 0 Å². The van der Waals surface area contributed by atoms with Crippen molar-refractivity contribution in [3.05, 3.63) is 34.9 Å². The molecule has 19 heavy (non-hydrogen) atoms. The number of hydrogen-bond acceptors (Lipinski definition) is 3. The van der Waals surface area contributed by atoms with E-state index < -0.39 is 0 Å². The fourth-order valence-electron chi connectivity index (χ4n) is 3.18. The summed E-state index contributed by atoms with van der Waals surface area (Å²) in [5.41, 5.74) is 4.36. The lowest BCUT2D eigenvalue weighted by atomic mass is 10.00. The molecule has 0 saturated carbocycles. The van der Waals surface area contributed by atoms with Crippen molar-refractivity contribution < 1.29 is 5.11 Å². The molecule has 1 aliphatic carbocycles. The van der Waals surface area contributed by atoms with Crippen LogP contribution in [0.3, 0.4) is 0 Å². The van der Waals surface area contributed by atoms with Crippen LogP contribution in [0.4, 0.5) is 0 Å². The van der Waals surface area contributed by atoms with Crippen LogP contribution in [0.25, 0.3) is 0 Å². The zero-order chi connectivity index (χ0) is 13.2. The van der Waals surface area contributed by atoms with Crippen LogP contribution in [-0.2, 0) is 19.3 Å². The number of hydrogen-bond donors (Lipinski definition) is 1. The Kier molecular flexibility index (Phi) is 4.45. The number of benzene rings is 1. The molecule has 1 N–H and O–H groups in total. The summed E-state index contributed by atoms with van der Waals surface area (Å²) in [4.78, 5) is 0. The van der Waals surface area contributed by atoms with Gasteiger partial charge in [0.05, 0.1) is 6.10 Å². The molecule has 3 atom stereocenters. The van der Waals surface area contributed by atoms with E-state index in [1.165, 1.54) is 47.5 Å². The molecule has 0 bridgehead atoms. The summed E-state index contributed by atoms with van der Waals surface area (Å²) >= 11 is 3.96. The molecule has 0 aromatic heterocycles. The molecule has 1 aliphatic heterocycles. The van der Waals surface area contributed by atoms with Gasteiger partial charge in [0, 0.05) is 22.0 Å². The predicted octanol–water partition coefficient (Wildman–Crippen LogP) is 3.32. The second-order valence-electron chi connectivity index (χ2n) is 5.64. The van der Waals surface area contributed by atoms with Gasteiger partial charge in [0.1, 0.15) is 0 Å². The first-order chi connectivity index (χ1) is 9.24. The minimum Gasteiger partial charge on any atom is -0.392 e. The van der Waals surface area contributed by atoms with Gasteiger partial charge in [-0.2, -0.15) is 23.5 Å². The lowest BCUT2D eigenvalue weighted by molar-refractivity contribution is 0.171. The first-order valence-electron chi connectivity index (χ1n) is 7.26. The van der Waals surface area contributed by atoms with E-state index in [9.17, 15) is 5.11 Å². The normalized spacial score (nSPS) is 28.1. The Balaban J connectivity index is 1.67. The zero-order valence-corrected chi connectivity index (χ0v) is 13.1. The Morgan fingerprint density at radius 2 is 2.00 bits per heavy atom. The number of thioether (sulfide) groups is 2. The fraction of sp³-hybridized carbons (Fsp3) is 0.625. The zero-order valence-electron chi connectivity index (χ0n) is 11.5. The van der Waals surface area contributed by atoms with Gasteiger partial charge in [-0.05, 0) is 42.4 Å². The van der Waals surface area contributed by atoms with Gasteiger partial charge in [-0.15, -0.1) is 0 Å². The molecular weight excluding hydrogens is 272 g/mol. The largest absolute Gasteiger partial charge is 0.392 e. The van der Waals surface area contributed by atoms with Crippen molar-refractivity contribution in [1.29, 1.82) is 0 Å². The standard InChI is InChI=1S/C16H22OS2/c1-11-16(19-8-7-18-11)15(17)10-12-5-6-13-3-2-4-14(13)9-12/h5-6,9,11,15-17H,2-4,7-8,10H2,1H3. The van der Waals surface area contributed by atoms with E-state index in [0.717, 1.165) is 6.42 Å². The summed E-state index contributed by atoms with van der Waals surface area (Å²) in [7, 11) is 0. The monoisotopic (exact) mass is 294 g/mol. The van der Waals surface area contributed by atoms with Crippen molar-refractivity contribution in [2.45, 2.75) is 49.2 Å². The van der Waals surface area contributed by atoms with Crippen LogP contribution in [0.15, 0.2) is 18.2 Å². The number of aryl methyl sites for hydroxylation is 2. The van der Waals surface area contributed by atoms with Gasteiger partial charge in [0.2, 0.25) is 0 Å². The van der Waals surface area contributed by atoms with Crippen LogP contribution < -0.4 is 0 Å². The van der Waals surface area contributed by atoms with Crippen molar-refractivity contribution in [2.24, 2.45) is 0 Å². The Hall–Kier alpha value is -0.120. The van der Waals surface area contributed by atoms with E-state index in [2.05, 4.69) is 25.1 Å². The Labute approximate surface area is 124 Å². The van der Waals surface area contributed by atoms with Crippen LogP contribution in [-0.4, -0.2) is 33.2 Å². The highest BCUT2D eigenvalue weighted by atomic mass is 32.2. The maximum absolute atomic E-state index is 10.5. The topological polar surface area (TPSA) is 20.2 Å². The van der Waals surface area contributed by atoms with Gasteiger partial charge in [-0.25, -0.2) is 0 Å². The molecular formula is C16H22OS2. The lowest BCUT2D eigenvalue weighted by Crippen LogP contribution is -2.36. The molecule has 1 aromatic carbocycles. The van der Waals surface area contributed by atoms with Gasteiger partial charge in [0.25, 0.3) is 0 Å². The first-order valence-corrected chi connectivity index (χ1v) is 9.36. The molecule has 104 valence electrons. The highest BCUT2D eigenvalue weighted by Crippen LogP contribution is 2.34. The van der Waals surface area contributed by atoms with E-state index in [-0.39, 0.29) is 6.10 Å². The average Bonchev–Trinajstić information content (AvgIpc) is 2.86. The number of aliphatic hydroxyl groups excluding tert-OH is 1. The van der Waals surface area contributed by atoms with Crippen molar-refractivity contribution in [2.75, 3.05) is 11.5 Å². The summed E-state index contributed by atoms with van der Waals surface area (Å²) < 4.78 is 0. The van der Waals surface area contributed by atoms with Gasteiger partial charge < -0.3 is 5.11 Å². The molecule has 3 unspecified atom stereocenters. The predicted molar refractivity (Wildman–Crippen MR) is 86.3 cm³/mol. The third kappa shape index (κ3) is 3.14. The van der Waals surface area contributed by atoms with Crippen LogP contribution in [0.1, 0.15) is 30.0 Å². The summed E-state index contributed by atoms with van der Waals surface area (Å²) in [6.07, 6.45) is 4.38. The summed E-state index contributed by atoms with van der Waals surface area (Å²) in [5.74, 6) is 2.41. The van der Waals surface area contributed by atoms with E-state index in [4.69, 9.17) is 0 Å². The van der Waals surface area contributed by atoms with E-state index >= 15 is 0 Å². The Morgan fingerprint density at radius 3 is 2.84 bits per heavy atom. The van der Waals surface area contributed by atoms with Crippen molar-refractivity contribution in [3.8, 4) is 0 Å². The van der Waals surface area contributed by atoms with E-state index in [0.29, 0.717) is 10.5 Å². The SMILES string of the molecule is CC1SCCSC1C(O)Cc1ccc2c(c1)CCC2. The molecule has 2 aliphatic rings. The maximum atomic E-state index is 10.5. The van der Waals surface area contributed by atoms with E-state index in [1.807, 2.05) is 23.5 Å². The number of aliphatic hydroxyl groups is 1. The smallest absolute Gasteiger partial charge is 0.0709 e. The van der Waals surface area contributed by atoms with Gasteiger partial charge >= 0.3 is 0 Å². The first kappa shape index (κ1) is 13.8. The average molecular weight is 294 g/mol. The molecule has 0 amide bonds. The third-order valence-corrected chi connectivity index (χ3v) is 7.46. The second kappa shape index (κ2) is 6.11. The van der Waals surface area contributed by atoms with Gasteiger partial charge in [-0.1, -0.05) is 25.1 Å². The Bertz CT molecular complexity index is 446. The summed E-state index contributed by atoms with van der Waals surface area (Å²) in [6, 6.07) is 6.83. The quantitative estimate of drug-likeness (QED) is 0.923. The summed E-state index contributed by atoms with van der Waals surface area (Å²) in [5, 5.41) is 11.5. The molecule has 1 heterocycles. The van der Waals surface area contributed by atoms with Crippen LogP contribution in [0.5, 0.6) is 0 Å². The molecule has 1 nitrogen and oxygen atoms in total. The van der Waals surface area contributed by atoms with Crippen LogP contribution >= 0.6 is 23.5 Å². The van der Waals surface area contributed by atoms with Crippen LogP contribution in [0.2, 0.25) is 0 Å². The molecule has 0 spiro atoms. The highest BCUT2D eigenvalue weighted by Gasteiger charge is 2.29. The highest BCUT2D eigenvalue weighted by molar-refractivity contribution is 8.07. The molecule has 0 radical (unpaired) electrons. The number of rotatable bonds is 3. The molecule has 3 rings (SSSR count). The van der Waals surface area contributed by atoms with Crippen molar-refractivity contribution in [1.82, 2.24) is 0 Å². The van der Waals surface area contributed by atoms with Crippen molar-refractivity contribution in [3.63, 3.8) is 0 Å². The molecule has 1 saturated heterocycles. The third-order valence-electron chi connectivity index (χ3n) is 4.22. The summed E-state index contributed by atoms with van der Waals surface area (Å²) in [6.45, 7) is 2.26. The Morgan fingerprint density at radius 1 is 1.21 bits per heavy atom. The molecule has 1 fully saturated rings. The maximum Gasteiger partial charge on any atom is 0.0709 e. The minimum atomic E-state index is -0.202.